The number of nitrogens with one attached hydrogen (secondary N) is 1. The second-order valence-electron chi connectivity index (χ2n) is 5.26. The summed E-state index contributed by atoms with van der Waals surface area (Å²) in [5.41, 5.74) is 0.979. The number of hydrogen-bond acceptors (Lipinski definition) is 7. The van der Waals surface area contributed by atoms with Gasteiger partial charge in [-0.15, -0.1) is 0 Å². The maximum atomic E-state index is 12.2. The molecule has 0 spiro atoms. The first-order chi connectivity index (χ1) is 13.0. The quantitative estimate of drug-likeness (QED) is 0.743. The van der Waals surface area contributed by atoms with Gasteiger partial charge in [-0.3, -0.25) is 4.79 Å². The van der Waals surface area contributed by atoms with E-state index in [4.69, 9.17) is 14.2 Å². The average Bonchev–Trinajstić information content (AvgIpc) is 2.71. The first-order valence-electron chi connectivity index (χ1n) is 7.86. The van der Waals surface area contributed by atoms with Crippen molar-refractivity contribution in [3.8, 4) is 11.5 Å². The minimum absolute atomic E-state index is 0.175. The van der Waals surface area contributed by atoms with Crippen LogP contribution in [0.3, 0.4) is 0 Å². The van der Waals surface area contributed by atoms with Crippen molar-refractivity contribution in [1.29, 1.82) is 0 Å². The van der Waals surface area contributed by atoms with Crippen LogP contribution in [-0.2, 0) is 14.3 Å². The summed E-state index contributed by atoms with van der Waals surface area (Å²) >= 11 is 0. The van der Waals surface area contributed by atoms with Crippen LogP contribution in [0, 0.1) is 0 Å². The molecule has 0 atom stereocenters. The highest BCUT2D eigenvalue weighted by atomic mass is 16.5. The van der Waals surface area contributed by atoms with Crippen LogP contribution in [0.4, 0.5) is 5.69 Å². The second-order valence-corrected chi connectivity index (χ2v) is 5.26. The number of rotatable bonds is 7. The molecule has 8 heteroatoms. The summed E-state index contributed by atoms with van der Waals surface area (Å²) in [6.07, 6.45) is 0. The van der Waals surface area contributed by atoms with Crippen molar-refractivity contribution in [3.05, 3.63) is 53.6 Å². The Morgan fingerprint density at radius 1 is 0.889 bits per heavy atom. The van der Waals surface area contributed by atoms with Crippen LogP contribution in [0.15, 0.2) is 42.5 Å². The summed E-state index contributed by atoms with van der Waals surface area (Å²) < 4.78 is 19.8. The molecule has 0 saturated carbocycles. The number of anilines is 1. The molecule has 0 aliphatic rings. The topological polar surface area (TPSA) is 100 Å². The van der Waals surface area contributed by atoms with Crippen molar-refractivity contribution in [2.45, 2.75) is 0 Å². The third kappa shape index (κ3) is 5.21. The lowest BCUT2D eigenvalue weighted by atomic mass is 10.2. The van der Waals surface area contributed by atoms with Crippen molar-refractivity contribution in [2.75, 3.05) is 33.3 Å². The third-order valence-electron chi connectivity index (χ3n) is 3.55. The minimum Gasteiger partial charge on any atom is -0.497 e. The number of methoxy groups -OCH3 is 3. The average molecular weight is 373 g/mol. The zero-order chi connectivity index (χ0) is 19.8. The van der Waals surface area contributed by atoms with Crippen LogP contribution in [0.2, 0.25) is 0 Å². The molecule has 0 aromatic heterocycles. The van der Waals surface area contributed by atoms with Gasteiger partial charge < -0.3 is 24.3 Å². The minimum atomic E-state index is -0.703. The molecule has 0 aliphatic carbocycles. The summed E-state index contributed by atoms with van der Waals surface area (Å²) in [5, 5.41) is 2.56. The Hall–Kier alpha value is -3.55. The highest BCUT2D eigenvalue weighted by Gasteiger charge is 2.16. The smallest absolute Gasteiger partial charge is 0.342 e. The lowest BCUT2D eigenvalue weighted by Gasteiger charge is -2.10. The monoisotopic (exact) mass is 373 g/mol. The van der Waals surface area contributed by atoms with Crippen LogP contribution in [0.5, 0.6) is 11.5 Å². The van der Waals surface area contributed by atoms with Gasteiger partial charge in [-0.25, -0.2) is 9.59 Å². The van der Waals surface area contributed by atoms with E-state index in [1.54, 1.807) is 24.3 Å². The van der Waals surface area contributed by atoms with Crippen molar-refractivity contribution in [1.82, 2.24) is 0 Å². The molecule has 2 aromatic rings. The SMILES string of the molecule is COC(=O)c1ccc(NC(=O)COC(=O)c2ccc(OC)cc2OC)cc1. The Balaban J connectivity index is 1.93. The fraction of sp³-hybridized carbons (Fsp3) is 0.211. The summed E-state index contributed by atoms with van der Waals surface area (Å²) in [7, 11) is 4.19. The molecule has 2 aromatic carbocycles. The summed E-state index contributed by atoms with van der Waals surface area (Å²) in [5.74, 6) is -0.905. The van der Waals surface area contributed by atoms with E-state index < -0.39 is 24.5 Å². The fourth-order valence-electron chi connectivity index (χ4n) is 2.18. The van der Waals surface area contributed by atoms with Crippen LogP contribution < -0.4 is 14.8 Å². The molecule has 0 bridgehead atoms. The Bertz CT molecular complexity index is 830. The summed E-state index contributed by atoms with van der Waals surface area (Å²) in [6.45, 7) is -0.479. The highest BCUT2D eigenvalue weighted by molar-refractivity contribution is 5.97. The Morgan fingerprint density at radius 2 is 1.59 bits per heavy atom. The molecule has 8 nitrogen and oxygen atoms in total. The number of carbonyl (C=O) groups excluding carboxylic acids is 3. The number of benzene rings is 2. The van der Waals surface area contributed by atoms with Gasteiger partial charge in [-0.05, 0) is 36.4 Å². The molecule has 27 heavy (non-hydrogen) atoms. The van der Waals surface area contributed by atoms with Crippen molar-refractivity contribution >= 4 is 23.5 Å². The molecular weight excluding hydrogens is 354 g/mol. The van der Waals surface area contributed by atoms with Gasteiger partial charge in [-0.2, -0.15) is 0 Å². The molecule has 0 radical (unpaired) electrons. The molecule has 0 unspecified atom stereocenters. The van der Waals surface area contributed by atoms with E-state index in [2.05, 4.69) is 10.1 Å². The predicted molar refractivity (Wildman–Crippen MR) is 96.2 cm³/mol. The lowest BCUT2D eigenvalue weighted by Crippen LogP contribution is -2.21. The first-order valence-corrected chi connectivity index (χ1v) is 7.86. The molecular formula is C19H19NO7. The summed E-state index contributed by atoms with van der Waals surface area (Å²) in [6, 6.07) is 10.7. The van der Waals surface area contributed by atoms with E-state index in [0.29, 0.717) is 17.0 Å². The number of carbonyl (C=O) groups is 3. The number of amides is 1. The molecule has 0 saturated heterocycles. The van der Waals surface area contributed by atoms with Crippen LogP contribution in [0.25, 0.3) is 0 Å². The zero-order valence-electron chi connectivity index (χ0n) is 15.1. The van der Waals surface area contributed by atoms with E-state index >= 15 is 0 Å². The van der Waals surface area contributed by atoms with Gasteiger partial charge in [0.1, 0.15) is 17.1 Å². The third-order valence-corrected chi connectivity index (χ3v) is 3.55. The first kappa shape index (κ1) is 19.8. The standard InChI is InChI=1S/C19H19NO7/c1-24-14-8-9-15(16(10-14)25-2)19(23)27-11-17(21)20-13-6-4-12(5-7-13)18(22)26-3/h4-10H,11H2,1-3H3,(H,20,21). The zero-order valence-corrected chi connectivity index (χ0v) is 15.1. The van der Waals surface area contributed by atoms with Crippen LogP contribution in [-0.4, -0.2) is 45.8 Å². The number of ether oxygens (including phenoxy) is 4. The molecule has 1 amide bonds. The fourth-order valence-corrected chi connectivity index (χ4v) is 2.18. The van der Waals surface area contributed by atoms with Gasteiger partial charge in [-0.1, -0.05) is 0 Å². The van der Waals surface area contributed by atoms with E-state index in [0.717, 1.165) is 0 Å². The molecule has 0 fully saturated rings. The highest BCUT2D eigenvalue weighted by Crippen LogP contribution is 2.25. The lowest BCUT2D eigenvalue weighted by molar-refractivity contribution is -0.119. The second kappa shape index (κ2) is 9.23. The van der Waals surface area contributed by atoms with Gasteiger partial charge in [0.05, 0.1) is 26.9 Å². The largest absolute Gasteiger partial charge is 0.497 e. The van der Waals surface area contributed by atoms with Gasteiger partial charge in [0.2, 0.25) is 0 Å². The maximum Gasteiger partial charge on any atom is 0.342 e. The number of hydrogen-bond donors (Lipinski definition) is 1. The van der Waals surface area contributed by atoms with Crippen LogP contribution >= 0.6 is 0 Å². The Morgan fingerprint density at radius 3 is 2.19 bits per heavy atom. The van der Waals surface area contributed by atoms with Gasteiger partial charge in [0, 0.05) is 11.8 Å². The maximum absolute atomic E-state index is 12.2. The van der Waals surface area contributed by atoms with Crippen molar-refractivity contribution in [3.63, 3.8) is 0 Å². The van der Waals surface area contributed by atoms with E-state index in [9.17, 15) is 14.4 Å². The van der Waals surface area contributed by atoms with Crippen molar-refractivity contribution < 1.29 is 33.3 Å². The Labute approximate surface area is 156 Å². The van der Waals surface area contributed by atoms with E-state index in [1.165, 1.54) is 39.5 Å². The van der Waals surface area contributed by atoms with Gasteiger partial charge in [0.15, 0.2) is 6.61 Å². The van der Waals surface area contributed by atoms with Crippen molar-refractivity contribution in [2.24, 2.45) is 0 Å². The van der Waals surface area contributed by atoms with Crippen LogP contribution in [0.1, 0.15) is 20.7 Å². The van der Waals surface area contributed by atoms with E-state index in [-0.39, 0.29) is 11.3 Å². The van der Waals surface area contributed by atoms with Gasteiger partial charge >= 0.3 is 11.9 Å². The molecule has 1 N–H and O–H groups in total. The molecule has 142 valence electrons. The van der Waals surface area contributed by atoms with Gasteiger partial charge in [0.25, 0.3) is 5.91 Å². The summed E-state index contributed by atoms with van der Waals surface area (Å²) in [4.78, 5) is 35.5. The normalized spacial score (nSPS) is 9.89. The Kier molecular flexibility index (Phi) is 6.76. The molecule has 0 heterocycles. The molecule has 2 rings (SSSR count). The number of esters is 2. The predicted octanol–water partition coefficient (Wildman–Crippen LogP) is 2.29. The van der Waals surface area contributed by atoms with E-state index in [1.807, 2.05) is 0 Å². The molecule has 0 aliphatic heterocycles.